The standard InChI is InChI=1S/C19H21N5O2S/c1-3-26-16-12-8-7-11-15(16)21-18(25)17(14-9-5-4-6-10-14)27-19-23-22-13(2)24(19)20/h4-12,17H,3,20H2,1-2H3,(H,21,25)/t17-/m0/s1. The minimum absolute atomic E-state index is 0.195. The Bertz CT molecular complexity index is 913. The third-order valence-electron chi connectivity index (χ3n) is 3.84. The van der Waals surface area contributed by atoms with E-state index in [0.29, 0.717) is 29.0 Å². The van der Waals surface area contributed by atoms with Crippen LogP contribution in [0.4, 0.5) is 5.69 Å². The Labute approximate surface area is 161 Å². The third kappa shape index (κ3) is 4.40. The summed E-state index contributed by atoms with van der Waals surface area (Å²) in [7, 11) is 0. The first-order valence-electron chi connectivity index (χ1n) is 8.51. The number of nitrogens with one attached hydrogen (secondary N) is 1. The molecule has 0 radical (unpaired) electrons. The fourth-order valence-corrected chi connectivity index (χ4v) is 3.49. The summed E-state index contributed by atoms with van der Waals surface area (Å²) in [5.74, 6) is 6.97. The quantitative estimate of drug-likeness (QED) is 0.481. The highest BCUT2D eigenvalue weighted by Gasteiger charge is 2.25. The number of rotatable bonds is 7. The maximum absolute atomic E-state index is 13.1. The number of aryl methyl sites for hydroxylation is 1. The molecule has 27 heavy (non-hydrogen) atoms. The zero-order valence-corrected chi connectivity index (χ0v) is 15.9. The summed E-state index contributed by atoms with van der Waals surface area (Å²) in [5, 5.41) is 10.9. The highest BCUT2D eigenvalue weighted by Crippen LogP contribution is 2.36. The van der Waals surface area contributed by atoms with Crippen LogP contribution in [0, 0.1) is 6.92 Å². The van der Waals surface area contributed by atoms with Crippen LogP contribution in [0.15, 0.2) is 59.8 Å². The Kier molecular flexibility index (Phi) is 5.97. The number of benzene rings is 2. The summed E-state index contributed by atoms with van der Waals surface area (Å²) in [6.45, 7) is 4.17. The van der Waals surface area contributed by atoms with Crippen LogP contribution < -0.4 is 15.9 Å². The van der Waals surface area contributed by atoms with E-state index in [0.717, 1.165) is 5.56 Å². The zero-order chi connectivity index (χ0) is 19.2. The van der Waals surface area contributed by atoms with Gasteiger partial charge in [0.05, 0.1) is 12.3 Å². The fraction of sp³-hybridized carbons (Fsp3) is 0.211. The van der Waals surface area contributed by atoms with Crippen LogP contribution in [0.1, 0.15) is 23.6 Å². The lowest BCUT2D eigenvalue weighted by atomic mass is 10.1. The number of hydrogen-bond donors (Lipinski definition) is 2. The highest BCUT2D eigenvalue weighted by atomic mass is 32.2. The van der Waals surface area contributed by atoms with Gasteiger partial charge in [-0.15, -0.1) is 10.2 Å². The Balaban J connectivity index is 1.89. The summed E-state index contributed by atoms with van der Waals surface area (Å²) < 4.78 is 6.97. The monoisotopic (exact) mass is 383 g/mol. The number of hydrogen-bond acceptors (Lipinski definition) is 6. The average molecular weight is 383 g/mol. The van der Waals surface area contributed by atoms with Gasteiger partial charge in [-0.1, -0.05) is 54.2 Å². The second kappa shape index (κ2) is 8.59. The molecule has 1 aromatic heterocycles. The van der Waals surface area contributed by atoms with Gasteiger partial charge in [0.1, 0.15) is 16.8 Å². The molecule has 0 fully saturated rings. The van der Waals surface area contributed by atoms with Crippen LogP contribution in [0.3, 0.4) is 0 Å². The van der Waals surface area contributed by atoms with Gasteiger partial charge in [-0.3, -0.25) is 4.79 Å². The Morgan fingerprint density at radius 2 is 1.89 bits per heavy atom. The lowest BCUT2D eigenvalue weighted by molar-refractivity contribution is -0.115. The van der Waals surface area contributed by atoms with Gasteiger partial charge < -0.3 is 15.9 Å². The molecule has 140 valence electrons. The number of nitrogens with zero attached hydrogens (tertiary/aromatic N) is 3. The van der Waals surface area contributed by atoms with Gasteiger partial charge >= 0.3 is 0 Å². The van der Waals surface area contributed by atoms with Crippen molar-refractivity contribution in [3.05, 3.63) is 66.0 Å². The first-order chi connectivity index (χ1) is 13.1. The molecule has 0 saturated carbocycles. The molecular formula is C19H21N5O2S. The molecular weight excluding hydrogens is 362 g/mol. The highest BCUT2D eigenvalue weighted by molar-refractivity contribution is 8.00. The number of nitrogens with two attached hydrogens (primary N) is 1. The largest absolute Gasteiger partial charge is 0.492 e. The minimum Gasteiger partial charge on any atom is -0.492 e. The van der Waals surface area contributed by atoms with Gasteiger partial charge in [0.15, 0.2) is 0 Å². The smallest absolute Gasteiger partial charge is 0.242 e. The number of anilines is 1. The van der Waals surface area contributed by atoms with Crippen molar-refractivity contribution in [3.8, 4) is 5.75 Å². The molecule has 0 bridgehead atoms. The van der Waals surface area contributed by atoms with Crippen molar-refractivity contribution in [1.82, 2.24) is 14.9 Å². The summed E-state index contributed by atoms with van der Waals surface area (Å²) >= 11 is 1.25. The molecule has 3 rings (SSSR count). The van der Waals surface area contributed by atoms with E-state index < -0.39 is 5.25 Å². The fourth-order valence-electron chi connectivity index (χ4n) is 2.49. The number of aromatic nitrogens is 3. The lowest BCUT2D eigenvalue weighted by Gasteiger charge is -2.18. The van der Waals surface area contributed by atoms with E-state index in [-0.39, 0.29) is 5.91 Å². The predicted octanol–water partition coefficient (Wildman–Crippen LogP) is 3.17. The summed E-state index contributed by atoms with van der Waals surface area (Å²) in [6.07, 6.45) is 0. The van der Waals surface area contributed by atoms with Crippen LogP contribution in [0.25, 0.3) is 0 Å². The van der Waals surface area contributed by atoms with Crippen molar-refractivity contribution >= 4 is 23.4 Å². The molecule has 0 spiro atoms. The van der Waals surface area contributed by atoms with E-state index in [4.69, 9.17) is 10.6 Å². The summed E-state index contributed by atoms with van der Waals surface area (Å²) in [6, 6.07) is 16.8. The molecule has 0 saturated heterocycles. The molecule has 0 aliphatic carbocycles. The van der Waals surface area contributed by atoms with Crippen LogP contribution in [-0.2, 0) is 4.79 Å². The van der Waals surface area contributed by atoms with Gasteiger partial charge in [0, 0.05) is 0 Å². The van der Waals surface area contributed by atoms with Crippen molar-refractivity contribution in [1.29, 1.82) is 0 Å². The maximum Gasteiger partial charge on any atom is 0.242 e. The van der Waals surface area contributed by atoms with E-state index in [2.05, 4.69) is 15.5 Å². The molecule has 2 aromatic carbocycles. The van der Waals surface area contributed by atoms with E-state index in [1.807, 2.05) is 61.5 Å². The average Bonchev–Trinajstić information content (AvgIpc) is 3.00. The third-order valence-corrected chi connectivity index (χ3v) is 5.05. The van der Waals surface area contributed by atoms with Gasteiger partial charge in [0.25, 0.3) is 0 Å². The number of carbonyl (C=O) groups is 1. The van der Waals surface area contributed by atoms with E-state index >= 15 is 0 Å². The van der Waals surface area contributed by atoms with Crippen LogP contribution in [0.2, 0.25) is 0 Å². The zero-order valence-electron chi connectivity index (χ0n) is 15.1. The second-order valence-corrected chi connectivity index (χ2v) is 6.80. The minimum atomic E-state index is -0.549. The lowest BCUT2D eigenvalue weighted by Crippen LogP contribution is -2.21. The van der Waals surface area contributed by atoms with Crippen molar-refractivity contribution in [3.63, 3.8) is 0 Å². The number of amides is 1. The van der Waals surface area contributed by atoms with Crippen LogP contribution >= 0.6 is 11.8 Å². The summed E-state index contributed by atoms with van der Waals surface area (Å²) in [4.78, 5) is 13.1. The van der Waals surface area contributed by atoms with Crippen LogP contribution in [0.5, 0.6) is 5.75 Å². The topological polar surface area (TPSA) is 95.1 Å². The molecule has 3 N–H and O–H groups in total. The molecule has 1 amide bonds. The molecule has 1 atom stereocenters. The number of nitrogen functional groups attached to an aromatic ring is 1. The molecule has 7 nitrogen and oxygen atoms in total. The van der Waals surface area contributed by atoms with Gasteiger partial charge in [-0.2, -0.15) is 0 Å². The predicted molar refractivity (Wildman–Crippen MR) is 106 cm³/mol. The van der Waals surface area contributed by atoms with E-state index in [9.17, 15) is 4.79 Å². The molecule has 8 heteroatoms. The Morgan fingerprint density at radius 1 is 1.19 bits per heavy atom. The number of thioether (sulfide) groups is 1. The SMILES string of the molecule is CCOc1ccccc1NC(=O)[C@@H](Sc1nnc(C)n1N)c1ccccc1. The first-order valence-corrected chi connectivity index (χ1v) is 9.39. The van der Waals surface area contributed by atoms with E-state index in [1.165, 1.54) is 16.4 Å². The normalized spacial score (nSPS) is 11.8. The number of carbonyl (C=O) groups excluding carboxylic acids is 1. The van der Waals surface area contributed by atoms with Gasteiger partial charge in [0.2, 0.25) is 11.1 Å². The molecule has 3 aromatic rings. The molecule has 0 unspecified atom stereocenters. The van der Waals surface area contributed by atoms with Crippen molar-refractivity contribution in [2.24, 2.45) is 0 Å². The first kappa shape index (κ1) is 18.8. The number of para-hydroxylation sites is 2. The number of ether oxygens (including phenoxy) is 1. The molecule has 1 heterocycles. The van der Waals surface area contributed by atoms with Crippen molar-refractivity contribution in [2.75, 3.05) is 17.8 Å². The summed E-state index contributed by atoms with van der Waals surface area (Å²) in [5.41, 5.74) is 1.46. The van der Waals surface area contributed by atoms with Crippen LogP contribution in [-0.4, -0.2) is 27.4 Å². The Morgan fingerprint density at radius 3 is 2.56 bits per heavy atom. The van der Waals surface area contributed by atoms with Gasteiger partial charge in [-0.25, -0.2) is 4.68 Å². The molecule has 0 aliphatic heterocycles. The Hall–Kier alpha value is -3.00. The van der Waals surface area contributed by atoms with Crippen molar-refractivity contribution in [2.45, 2.75) is 24.3 Å². The van der Waals surface area contributed by atoms with E-state index in [1.54, 1.807) is 6.92 Å². The molecule has 0 aliphatic rings. The van der Waals surface area contributed by atoms with Gasteiger partial charge in [-0.05, 0) is 31.5 Å². The second-order valence-electron chi connectivity index (χ2n) is 5.73. The maximum atomic E-state index is 13.1. The van der Waals surface area contributed by atoms with Crippen molar-refractivity contribution < 1.29 is 9.53 Å².